The predicted molar refractivity (Wildman–Crippen MR) is 117 cm³/mol. The molecule has 160 valence electrons. The lowest BCUT2D eigenvalue weighted by Crippen LogP contribution is -2.30. The van der Waals surface area contributed by atoms with Gasteiger partial charge in [0.2, 0.25) is 15.8 Å². The number of benzene rings is 2. The highest BCUT2D eigenvalue weighted by molar-refractivity contribution is 7.89. The van der Waals surface area contributed by atoms with Crippen LogP contribution >= 0.6 is 0 Å². The molecule has 7 heteroatoms. The van der Waals surface area contributed by atoms with E-state index in [1.807, 2.05) is 19.1 Å². The van der Waals surface area contributed by atoms with Crippen LogP contribution in [0.2, 0.25) is 0 Å². The van der Waals surface area contributed by atoms with Crippen LogP contribution in [-0.4, -0.2) is 43.7 Å². The number of aryl methyl sites for hydroxylation is 1. The van der Waals surface area contributed by atoms with Crippen LogP contribution in [0.15, 0.2) is 59.5 Å². The lowest BCUT2D eigenvalue weighted by atomic mass is 10.1. The van der Waals surface area contributed by atoms with Gasteiger partial charge in [-0.3, -0.25) is 4.79 Å². The molecule has 0 N–H and O–H groups in total. The van der Waals surface area contributed by atoms with Crippen molar-refractivity contribution >= 4 is 27.9 Å². The van der Waals surface area contributed by atoms with Crippen molar-refractivity contribution in [3.63, 3.8) is 0 Å². The molecule has 0 heterocycles. The highest BCUT2D eigenvalue weighted by Gasteiger charge is 2.21. The molecule has 0 fully saturated rings. The number of ketones is 1. The van der Waals surface area contributed by atoms with Crippen LogP contribution in [0, 0.1) is 6.92 Å². The fraction of sp³-hybridized carbons (Fsp3) is 0.304. The third-order valence-electron chi connectivity index (χ3n) is 4.63. The van der Waals surface area contributed by atoms with Gasteiger partial charge in [-0.15, -0.1) is 0 Å². The third kappa shape index (κ3) is 5.87. The summed E-state index contributed by atoms with van der Waals surface area (Å²) in [7, 11) is -3.52. The van der Waals surface area contributed by atoms with Gasteiger partial charge in [-0.05, 0) is 37.6 Å². The molecule has 0 aliphatic heterocycles. The standard InChI is InChI=1S/C23H27NO5S/c1-5-24(6-2)30(27,28)21-14-9-19(10-15-21)11-16-22(25)29-18(4)23(26)20-12-7-17(3)8-13-20/h7-16,18H,5-6H2,1-4H3/b16-11+/t18-/m0/s1. The van der Waals surface area contributed by atoms with Crippen LogP contribution in [0.5, 0.6) is 0 Å². The molecule has 0 spiro atoms. The SMILES string of the molecule is CCN(CC)S(=O)(=O)c1ccc(/C=C/C(=O)O[C@@H](C)C(=O)c2ccc(C)cc2)cc1. The van der Waals surface area contributed by atoms with Gasteiger partial charge in [0, 0.05) is 24.7 Å². The molecule has 0 aliphatic rings. The number of hydrogen-bond acceptors (Lipinski definition) is 5. The molecule has 1 atom stereocenters. The van der Waals surface area contributed by atoms with Gasteiger partial charge < -0.3 is 4.74 Å². The Morgan fingerprint density at radius 1 is 1.00 bits per heavy atom. The number of ether oxygens (including phenoxy) is 1. The van der Waals surface area contributed by atoms with Crippen LogP contribution in [0.25, 0.3) is 6.08 Å². The van der Waals surface area contributed by atoms with Crippen molar-refractivity contribution < 1.29 is 22.7 Å². The highest BCUT2D eigenvalue weighted by atomic mass is 32.2. The van der Waals surface area contributed by atoms with Crippen LogP contribution in [-0.2, 0) is 19.6 Å². The van der Waals surface area contributed by atoms with E-state index >= 15 is 0 Å². The van der Waals surface area contributed by atoms with Crippen molar-refractivity contribution in [2.24, 2.45) is 0 Å². The first kappa shape index (κ1) is 23.5. The van der Waals surface area contributed by atoms with E-state index in [0.29, 0.717) is 24.2 Å². The Labute approximate surface area is 178 Å². The monoisotopic (exact) mass is 429 g/mol. The molecule has 2 aromatic rings. The van der Waals surface area contributed by atoms with Gasteiger partial charge in [-0.25, -0.2) is 13.2 Å². The maximum Gasteiger partial charge on any atom is 0.331 e. The molecule has 0 aliphatic carbocycles. The Balaban J connectivity index is 2.01. The van der Waals surface area contributed by atoms with Gasteiger partial charge in [0.1, 0.15) is 0 Å². The molecule has 0 unspecified atom stereocenters. The van der Waals surface area contributed by atoms with Crippen LogP contribution in [0.3, 0.4) is 0 Å². The van der Waals surface area contributed by atoms with E-state index in [0.717, 1.165) is 5.56 Å². The number of nitrogens with zero attached hydrogens (tertiary/aromatic N) is 1. The Bertz CT molecular complexity index is 1000. The molecule has 6 nitrogen and oxygen atoms in total. The number of sulfonamides is 1. The summed E-state index contributed by atoms with van der Waals surface area (Å²) in [6.45, 7) is 7.81. The summed E-state index contributed by atoms with van der Waals surface area (Å²) in [6, 6.07) is 13.3. The van der Waals surface area contributed by atoms with Gasteiger partial charge in [0.25, 0.3) is 0 Å². The summed E-state index contributed by atoms with van der Waals surface area (Å²) in [5.74, 6) is -0.925. The highest BCUT2D eigenvalue weighted by Crippen LogP contribution is 2.17. The van der Waals surface area contributed by atoms with Crippen molar-refractivity contribution in [2.45, 2.75) is 38.7 Å². The minimum Gasteiger partial charge on any atom is -0.451 e. The zero-order valence-electron chi connectivity index (χ0n) is 17.7. The first-order chi connectivity index (χ1) is 14.2. The number of rotatable bonds is 9. The number of carbonyl (C=O) groups is 2. The Hall–Kier alpha value is -2.77. The summed E-state index contributed by atoms with van der Waals surface area (Å²) in [5.41, 5.74) is 2.16. The average molecular weight is 430 g/mol. The average Bonchev–Trinajstić information content (AvgIpc) is 2.73. The van der Waals surface area contributed by atoms with E-state index in [1.54, 1.807) is 38.1 Å². The molecule has 0 amide bonds. The molecule has 2 aromatic carbocycles. The minimum absolute atomic E-state index is 0.197. The number of carbonyl (C=O) groups excluding carboxylic acids is 2. The van der Waals surface area contributed by atoms with Crippen LogP contribution in [0.1, 0.15) is 42.3 Å². The van der Waals surface area contributed by atoms with Gasteiger partial charge in [-0.1, -0.05) is 55.8 Å². The van der Waals surface area contributed by atoms with E-state index in [1.165, 1.54) is 35.5 Å². The second-order valence-electron chi connectivity index (χ2n) is 6.80. The van der Waals surface area contributed by atoms with Crippen LogP contribution < -0.4 is 0 Å². The fourth-order valence-electron chi connectivity index (χ4n) is 2.85. The van der Waals surface area contributed by atoms with Gasteiger partial charge >= 0.3 is 5.97 Å². The number of hydrogen-bond donors (Lipinski definition) is 0. The van der Waals surface area contributed by atoms with E-state index in [4.69, 9.17) is 4.74 Å². The second kappa shape index (κ2) is 10.3. The molecular weight excluding hydrogens is 402 g/mol. The summed E-state index contributed by atoms with van der Waals surface area (Å²) >= 11 is 0. The third-order valence-corrected chi connectivity index (χ3v) is 6.70. The Morgan fingerprint density at radius 3 is 2.10 bits per heavy atom. The molecule has 0 bridgehead atoms. The predicted octanol–water partition coefficient (Wildman–Crippen LogP) is 3.85. The van der Waals surface area contributed by atoms with E-state index in [-0.39, 0.29) is 10.7 Å². The largest absolute Gasteiger partial charge is 0.451 e. The van der Waals surface area contributed by atoms with Gasteiger partial charge in [-0.2, -0.15) is 4.31 Å². The fourth-order valence-corrected chi connectivity index (χ4v) is 4.31. The summed E-state index contributed by atoms with van der Waals surface area (Å²) in [6.07, 6.45) is 1.82. The van der Waals surface area contributed by atoms with Gasteiger partial charge in [0.05, 0.1) is 4.90 Å². The lowest BCUT2D eigenvalue weighted by molar-refractivity contribution is -0.140. The van der Waals surface area contributed by atoms with Crippen molar-refractivity contribution in [1.29, 1.82) is 0 Å². The number of Topliss-reactive ketones (excluding diaryl/α,β-unsaturated/α-hetero) is 1. The topological polar surface area (TPSA) is 80.8 Å². The maximum absolute atomic E-state index is 12.5. The van der Waals surface area contributed by atoms with E-state index in [9.17, 15) is 18.0 Å². The summed E-state index contributed by atoms with van der Waals surface area (Å²) in [4.78, 5) is 24.6. The second-order valence-corrected chi connectivity index (χ2v) is 8.74. The zero-order valence-corrected chi connectivity index (χ0v) is 18.5. The normalized spacial score (nSPS) is 12.8. The molecule has 0 aromatic heterocycles. The first-order valence-corrected chi connectivity index (χ1v) is 11.2. The Kier molecular flexibility index (Phi) is 8.08. The van der Waals surface area contributed by atoms with Crippen molar-refractivity contribution in [1.82, 2.24) is 4.31 Å². The quantitative estimate of drug-likeness (QED) is 0.344. The lowest BCUT2D eigenvalue weighted by Gasteiger charge is -2.18. The van der Waals surface area contributed by atoms with Crippen molar-refractivity contribution in [2.75, 3.05) is 13.1 Å². The molecule has 0 saturated carbocycles. The maximum atomic E-state index is 12.5. The van der Waals surface area contributed by atoms with E-state index < -0.39 is 22.1 Å². The van der Waals surface area contributed by atoms with Crippen molar-refractivity contribution in [3.05, 3.63) is 71.3 Å². The van der Waals surface area contributed by atoms with E-state index in [2.05, 4.69) is 0 Å². The zero-order chi connectivity index (χ0) is 22.3. The summed E-state index contributed by atoms with van der Waals surface area (Å²) < 4.78 is 31.5. The molecule has 0 saturated heterocycles. The minimum atomic E-state index is -3.52. The molecule has 0 radical (unpaired) electrons. The number of esters is 1. The molecular formula is C23H27NO5S. The smallest absolute Gasteiger partial charge is 0.331 e. The van der Waals surface area contributed by atoms with Crippen LogP contribution in [0.4, 0.5) is 0 Å². The van der Waals surface area contributed by atoms with Gasteiger partial charge in [0.15, 0.2) is 6.10 Å². The molecule has 2 rings (SSSR count). The summed E-state index contributed by atoms with van der Waals surface area (Å²) in [5, 5.41) is 0. The molecule has 30 heavy (non-hydrogen) atoms. The first-order valence-electron chi connectivity index (χ1n) is 9.78. The Morgan fingerprint density at radius 2 is 1.57 bits per heavy atom. The van der Waals surface area contributed by atoms with Crippen molar-refractivity contribution in [3.8, 4) is 0 Å².